The fraction of sp³-hybridized carbons (Fsp3) is 0.889. The summed E-state index contributed by atoms with van der Waals surface area (Å²) in [4.78, 5) is 11.2. The maximum Gasteiger partial charge on any atom is 0.315 e. The van der Waals surface area contributed by atoms with Crippen molar-refractivity contribution in [1.29, 1.82) is 0 Å². The van der Waals surface area contributed by atoms with Crippen molar-refractivity contribution < 1.29 is 18.6 Å². The van der Waals surface area contributed by atoms with Crippen molar-refractivity contribution in [3.63, 3.8) is 0 Å². The van der Waals surface area contributed by atoms with Crippen molar-refractivity contribution in [3.8, 4) is 0 Å². The highest BCUT2D eigenvalue weighted by Gasteiger charge is 2.14. The van der Waals surface area contributed by atoms with Crippen LogP contribution in [-0.4, -0.2) is 37.2 Å². The third-order valence-corrected chi connectivity index (χ3v) is 7.15. The molecule has 16 heavy (non-hydrogen) atoms. The van der Waals surface area contributed by atoms with Crippen LogP contribution in [0.3, 0.4) is 0 Å². The van der Waals surface area contributed by atoms with E-state index >= 15 is 0 Å². The Morgan fingerprint density at radius 3 is 2.69 bits per heavy atom. The molecule has 0 amide bonds. The summed E-state index contributed by atoms with van der Waals surface area (Å²) in [5.74, 6) is 0.0999. The van der Waals surface area contributed by atoms with Crippen molar-refractivity contribution in [1.82, 2.24) is 0 Å². The van der Waals surface area contributed by atoms with Gasteiger partial charge in [0, 0.05) is 18.9 Å². The summed E-state index contributed by atoms with van der Waals surface area (Å²) in [7, 11) is 1.43. The molecular formula is C9H19O4PS2. The summed E-state index contributed by atoms with van der Waals surface area (Å²) in [6.07, 6.45) is 1.92. The van der Waals surface area contributed by atoms with Crippen LogP contribution in [0.2, 0.25) is 0 Å². The van der Waals surface area contributed by atoms with Gasteiger partial charge in [0.15, 0.2) is 0 Å². The zero-order chi connectivity index (χ0) is 12.4. The van der Waals surface area contributed by atoms with Gasteiger partial charge < -0.3 is 9.26 Å². The van der Waals surface area contributed by atoms with Crippen LogP contribution in [0, 0.1) is 0 Å². The Hall–Kier alpha value is 0.360. The number of carbonyl (C=O) groups excluding carboxylic acids is 1. The Morgan fingerprint density at radius 1 is 1.44 bits per heavy atom. The molecule has 0 aliphatic heterocycles. The molecule has 0 aliphatic rings. The summed E-state index contributed by atoms with van der Waals surface area (Å²) in [5, 5.41) is 0.574. The molecule has 0 rings (SSSR count). The maximum atomic E-state index is 11.4. The minimum atomic E-state index is -2.52. The topological polar surface area (TPSA) is 52.6 Å². The third-order valence-electron chi connectivity index (χ3n) is 1.68. The van der Waals surface area contributed by atoms with Crippen LogP contribution in [0.4, 0.5) is 0 Å². The largest absolute Gasteiger partial charge is 0.465 e. The highest BCUT2D eigenvalue weighted by atomic mass is 32.7. The van der Waals surface area contributed by atoms with Gasteiger partial charge in [-0.2, -0.15) is 0 Å². The Bertz CT molecular complexity index is 248. The summed E-state index contributed by atoms with van der Waals surface area (Å²) in [6.45, 7) is 1.59. The molecule has 7 heteroatoms. The van der Waals surface area contributed by atoms with Gasteiger partial charge in [0.25, 0.3) is 6.57 Å². The number of ether oxygens (including phenoxy) is 1. The normalized spacial score (nSPS) is 14.4. The number of rotatable bonds is 9. The number of unbranched alkanes of at least 4 members (excludes halogenated alkanes) is 1. The molecule has 0 N–H and O–H groups in total. The molecule has 0 aromatic heterocycles. The molecule has 0 aliphatic carbocycles. The van der Waals surface area contributed by atoms with Crippen LogP contribution >= 0.6 is 29.7 Å². The van der Waals surface area contributed by atoms with Crippen molar-refractivity contribution in [2.75, 3.05) is 31.2 Å². The average Bonchev–Trinajstić information content (AvgIpc) is 2.25. The first kappa shape index (κ1) is 16.4. The highest BCUT2D eigenvalue weighted by molar-refractivity contribution is 8.58. The average molecular weight is 286 g/mol. The molecule has 1 unspecified atom stereocenters. The van der Waals surface area contributed by atoms with Crippen molar-refractivity contribution >= 4 is 35.7 Å². The number of esters is 1. The molecule has 1 atom stereocenters. The number of carbonyl (C=O) groups is 1. The molecular weight excluding hydrogens is 267 g/mol. The van der Waals surface area contributed by atoms with Crippen molar-refractivity contribution in [3.05, 3.63) is 0 Å². The molecule has 0 heterocycles. The lowest BCUT2D eigenvalue weighted by Gasteiger charge is -2.08. The number of thioether (sulfide) groups is 1. The minimum absolute atomic E-state index is 0.206. The smallest absolute Gasteiger partial charge is 0.315 e. The predicted octanol–water partition coefficient (Wildman–Crippen LogP) is 3.22. The van der Waals surface area contributed by atoms with E-state index in [0.29, 0.717) is 17.4 Å². The van der Waals surface area contributed by atoms with Crippen LogP contribution < -0.4 is 0 Å². The Labute approximate surface area is 105 Å². The first-order valence-electron chi connectivity index (χ1n) is 5.03. The molecule has 0 bridgehead atoms. The molecule has 0 fully saturated rings. The maximum absolute atomic E-state index is 11.4. The summed E-state index contributed by atoms with van der Waals surface area (Å²) in [6, 6.07) is 0. The van der Waals surface area contributed by atoms with Gasteiger partial charge in [0.2, 0.25) is 0 Å². The van der Waals surface area contributed by atoms with Crippen LogP contribution in [-0.2, 0) is 18.6 Å². The lowest BCUT2D eigenvalue weighted by Crippen LogP contribution is -2.08. The second-order valence-corrected chi connectivity index (χ2v) is 9.69. The Morgan fingerprint density at radius 2 is 2.12 bits per heavy atom. The first-order chi connectivity index (χ1) is 7.52. The predicted molar refractivity (Wildman–Crippen MR) is 71.3 cm³/mol. The fourth-order valence-corrected chi connectivity index (χ4v) is 5.15. The molecule has 0 radical (unpaired) electrons. The molecule has 0 saturated heterocycles. The lowest BCUT2D eigenvalue weighted by atomic mass is 10.4. The van der Waals surface area contributed by atoms with E-state index < -0.39 is 6.57 Å². The number of hydrogen-bond donors (Lipinski definition) is 0. The summed E-state index contributed by atoms with van der Waals surface area (Å²) < 4.78 is 21.2. The van der Waals surface area contributed by atoms with Crippen LogP contribution in [0.5, 0.6) is 0 Å². The van der Waals surface area contributed by atoms with E-state index in [4.69, 9.17) is 9.26 Å². The Kier molecular flexibility index (Phi) is 9.61. The van der Waals surface area contributed by atoms with Gasteiger partial charge in [-0.3, -0.25) is 9.36 Å². The lowest BCUT2D eigenvalue weighted by molar-refractivity contribution is -0.140. The van der Waals surface area contributed by atoms with E-state index in [9.17, 15) is 9.36 Å². The van der Waals surface area contributed by atoms with Gasteiger partial charge in [0.1, 0.15) is 0 Å². The van der Waals surface area contributed by atoms with E-state index in [1.54, 1.807) is 6.66 Å². The van der Waals surface area contributed by atoms with Crippen molar-refractivity contribution in [2.45, 2.75) is 19.8 Å². The second-order valence-electron chi connectivity index (χ2n) is 3.12. The minimum Gasteiger partial charge on any atom is -0.465 e. The molecule has 0 aromatic carbocycles. The SMILES string of the molecule is CCCCOC(=O)CSCSP(C)(=O)OC. The van der Waals surface area contributed by atoms with E-state index in [1.165, 1.54) is 30.3 Å². The number of hydrogen-bond acceptors (Lipinski definition) is 6. The van der Waals surface area contributed by atoms with E-state index in [1.807, 2.05) is 6.92 Å². The first-order valence-corrected chi connectivity index (χ1v) is 9.84. The second kappa shape index (κ2) is 9.40. The fourth-order valence-electron chi connectivity index (χ4n) is 0.683. The van der Waals surface area contributed by atoms with Gasteiger partial charge in [-0.1, -0.05) is 24.7 Å². The standard InChI is InChI=1S/C9H19O4PS2/c1-4-5-6-13-9(10)7-15-8-16-14(3,11)12-2/h4-8H2,1-3H3. The molecule has 0 aromatic rings. The Balaban J connectivity index is 3.44. The molecule has 96 valence electrons. The van der Waals surface area contributed by atoms with Crippen LogP contribution in [0.15, 0.2) is 0 Å². The summed E-state index contributed by atoms with van der Waals surface area (Å²) >= 11 is 2.64. The van der Waals surface area contributed by atoms with Crippen molar-refractivity contribution in [2.24, 2.45) is 0 Å². The van der Waals surface area contributed by atoms with Gasteiger partial charge in [0.05, 0.1) is 12.4 Å². The molecule has 0 saturated carbocycles. The highest BCUT2D eigenvalue weighted by Crippen LogP contribution is 2.56. The molecule has 4 nitrogen and oxygen atoms in total. The van der Waals surface area contributed by atoms with Gasteiger partial charge in [-0.15, -0.1) is 11.8 Å². The van der Waals surface area contributed by atoms with Gasteiger partial charge in [-0.05, 0) is 6.42 Å². The van der Waals surface area contributed by atoms with E-state index in [-0.39, 0.29) is 5.97 Å². The third kappa shape index (κ3) is 9.58. The van der Waals surface area contributed by atoms with E-state index in [2.05, 4.69) is 0 Å². The van der Waals surface area contributed by atoms with Crippen LogP contribution in [0.25, 0.3) is 0 Å². The molecule has 0 spiro atoms. The van der Waals surface area contributed by atoms with Gasteiger partial charge in [-0.25, -0.2) is 0 Å². The van der Waals surface area contributed by atoms with E-state index in [0.717, 1.165) is 12.8 Å². The summed E-state index contributed by atoms with van der Waals surface area (Å²) in [5.41, 5.74) is 0. The monoisotopic (exact) mass is 286 g/mol. The zero-order valence-electron chi connectivity index (χ0n) is 9.93. The quantitative estimate of drug-likeness (QED) is 0.281. The zero-order valence-corrected chi connectivity index (χ0v) is 12.5. The van der Waals surface area contributed by atoms with Gasteiger partial charge >= 0.3 is 5.97 Å². The van der Waals surface area contributed by atoms with Crippen LogP contribution in [0.1, 0.15) is 19.8 Å².